The highest BCUT2D eigenvalue weighted by atomic mass is 35.5. The topological polar surface area (TPSA) is 73.2 Å². The van der Waals surface area contributed by atoms with E-state index in [4.69, 9.17) is 16.3 Å². The lowest BCUT2D eigenvalue weighted by Crippen LogP contribution is -2.31. The summed E-state index contributed by atoms with van der Waals surface area (Å²) < 4.78 is 6.84. The Morgan fingerprint density at radius 1 is 1.33 bits per heavy atom. The van der Waals surface area contributed by atoms with E-state index in [2.05, 4.69) is 10.4 Å². The Labute approximate surface area is 145 Å². The molecule has 1 aromatic heterocycles. The van der Waals surface area contributed by atoms with Crippen molar-refractivity contribution in [2.24, 2.45) is 0 Å². The molecule has 0 bridgehead atoms. The van der Waals surface area contributed by atoms with Gasteiger partial charge in [0.05, 0.1) is 0 Å². The van der Waals surface area contributed by atoms with Gasteiger partial charge in [-0.15, -0.1) is 0 Å². The van der Waals surface area contributed by atoms with Gasteiger partial charge in [0.2, 0.25) is 0 Å². The number of rotatable bonds is 7. The number of nitrogens with one attached hydrogen (secondary N) is 1. The number of carbonyl (C=O) groups is 1. The van der Waals surface area contributed by atoms with E-state index in [0.717, 1.165) is 11.1 Å². The number of hydrogen-bond acceptors (Lipinski definition) is 4. The molecule has 1 heterocycles. The smallest absolute Gasteiger partial charge is 0.266 e. The van der Waals surface area contributed by atoms with Crippen molar-refractivity contribution in [3.8, 4) is 5.75 Å². The predicted molar refractivity (Wildman–Crippen MR) is 92.5 cm³/mol. The Hall–Kier alpha value is -2.34. The standard InChI is InChI=1S/C17H20ClN3O3/c1-12-9-14(10-13(2)17(12)18)24-11-15(22)19-6-4-8-21-16(23)5-3-7-20-21/h3,5,7,9-10H,4,6,8,11H2,1-2H3,(H,19,22). The molecule has 0 fully saturated rings. The second-order valence-electron chi connectivity index (χ2n) is 5.45. The largest absolute Gasteiger partial charge is 0.484 e. The van der Waals surface area contributed by atoms with Crippen LogP contribution >= 0.6 is 11.6 Å². The Bertz CT molecular complexity index is 751. The lowest BCUT2D eigenvalue weighted by atomic mass is 10.1. The van der Waals surface area contributed by atoms with E-state index in [-0.39, 0.29) is 18.1 Å². The Balaban J connectivity index is 1.72. The maximum absolute atomic E-state index is 11.8. The van der Waals surface area contributed by atoms with E-state index < -0.39 is 0 Å². The minimum Gasteiger partial charge on any atom is -0.484 e. The molecular formula is C17H20ClN3O3. The van der Waals surface area contributed by atoms with Crippen molar-refractivity contribution in [2.45, 2.75) is 26.8 Å². The summed E-state index contributed by atoms with van der Waals surface area (Å²) >= 11 is 6.09. The lowest BCUT2D eigenvalue weighted by Gasteiger charge is -2.10. The van der Waals surface area contributed by atoms with Crippen molar-refractivity contribution in [3.05, 3.63) is 57.0 Å². The quantitative estimate of drug-likeness (QED) is 0.777. The van der Waals surface area contributed by atoms with Gasteiger partial charge in [-0.25, -0.2) is 4.68 Å². The molecule has 0 saturated carbocycles. The molecule has 6 nitrogen and oxygen atoms in total. The van der Waals surface area contributed by atoms with Gasteiger partial charge in [-0.3, -0.25) is 9.59 Å². The number of aromatic nitrogens is 2. The third-order valence-corrected chi connectivity index (χ3v) is 4.03. The third kappa shape index (κ3) is 5.09. The molecule has 0 unspecified atom stereocenters. The van der Waals surface area contributed by atoms with Crippen molar-refractivity contribution >= 4 is 17.5 Å². The van der Waals surface area contributed by atoms with Crippen LogP contribution in [0.4, 0.5) is 0 Å². The number of amides is 1. The van der Waals surface area contributed by atoms with Crippen molar-refractivity contribution in [1.29, 1.82) is 0 Å². The zero-order valence-electron chi connectivity index (χ0n) is 13.7. The number of aryl methyl sites for hydroxylation is 3. The highest BCUT2D eigenvalue weighted by Gasteiger charge is 2.06. The van der Waals surface area contributed by atoms with Crippen LogP contribution in [0.2, 0.25) is 5.02 Å². The fourth-order valence-corrected chi connectivity index (χ4v) is 2.31. The number of benzene rings is 1. The Morgan fingerprint density at radius 2 is 2.04 bits per heavy atom. The zero-order chi connectivity index (χ0) is 17.5. The summed E-state index contributed by atoms with van der Waals surface area (Å²) in [5.41, 5.74) is 1.67. The van der Waals surface area contributed by atoms with Crippen LogP contribution in [0, 0.1) is 13.8 Å². The maximum Gasteiger partial charge on any atom is 0.266 e. The molecule has 1 aromatic carbocycles. The minimum atomic E-state index is -0.214. The van der Waals surface area contributed by atoms with E-state index in [1.807, 2.05) is 13.8 Å². The van der Waals surface area contributed by atoms with E-state index in [1.54, 1.807) is 24.4 Å². The molecule has 0 atom stereocenters. The molecule has 1 N–H and O–H groups in total. The summed E-state index contributed by atoms with van der Waals surface area (Å²) in [6.07, 6.45) is 2.17. The Kier molecular flexibility index (Phi) is 6.37. The maximum atomic E-state index is 11.8. The van der Waals surface area contributed by atoms with Gasteiger partial charge in [-0.2, -0.15) is 5.10 Å². The van der Waals surface area contributed by atoms with Gasteiger partial charge >= 0.3 is 0 Å². The SMILES string of the molecule is Cc1cc(OCC(=O)NCCCn2ncccc2=O)cc(C)c1Cl. The number of ether oxygens (including phenoxy) is 1. The molecule has 2 rings (SSSR count). The molecule has 0 saturated heterocycles. The molecule has 0 aliphatic rings. The van der Waals surface area contributed by atoms with Crippen LogP contribution in [0.5, 0.6) is 5.75 Å². The summed E-state index contributed by atoms with van der Waals surface area (Å²) in [6.45, 7) is 4.62. The molecule has 24 heavy (non-hydrogen) atoms. The van der Waals surface area contributed by atoms with Crippen LogP contribution in [0.3, 0.4) is 0 Å². The van der Waals surface area contributed by atoms with Crippen LogP contribution in [0.15, 0.2) is 35.3 Å². The predicted octanol–water partition coefficient (Wildman–Crippen LogP) is 2.10. The second-order valence-corrected chi connectivity index (χ2v) is 5.83. The lowest BCUT2D eigenvalue weighted by molar-refractivity contribution is -0.123. The van der Waals surface area contributed by atoms with E-state index in [1.165, 1.54) is 10.7 Å². The second kappa shape index (κ2) is 8.49. The first kappa shape index (κ1) is 18.0. The number of halogens is 1. The summed E-state index contributed by atoms with van der Waals surface area (Å²) in [5.74, 6) is 0.401. The fourth-order valence-electron chi connectivity index (χ4n) is 2.20. The third-order valence-electron chi connectivity index (χ3n) is 3.43. The molecular weight excluding hydrogens is 330 g/mol. The van der Waals surface area contributed by atoms with Crippen molar-refractivity contribution in [3.63, 3.8) is 0 Å². The van der Waals surface area contributed by atoms with Crippen molar-refractivity contribution in [1.82, 2.24) is 15.1 Å². The summed E-state index contributed by atoms with van der Waals surface area (Å²) in [6, 6.07) is 6.65. The number of nitrogens with zero attached hydrogens (tertiary/aromatic N) is 2. The first-order valence-corrected chi connectivity index (χ1v) is 8.03. The molecule has 0 aliphatic carbocycles. The van der Waals surface area contributed by atoms with Gasteiger partial charge < -0.3 is 10.1 Å². The molecule has 0 aliphatic heterocycles. The van der Waals surface area contributed by atoms with Crippen molar-refractivity contribution < 1.29 is 9.53 Å². The van der Waals surface area contributed by atoms with Crippen molar-refractivity contribution in [2.75, 3.05) is 13.2 Å². The highest BCUT2D eigenvalue weighted by molar-refractivity contribution is 6.32. The van der Waals surface area contributed by atoms with Gasteiger partial charge in [0, 0.05) is 30.4 Å². The molecule has 1 amide bonds. The average Bonchev–Trinajstić information content (AvgIpc) is 2.56. The first-order valence-electron chi connectivity index (χ1n) is 7.66. The van der Waals surface area contributed by atoms with E-state index in [9.17, 15) is 9.59 Å². The number of hydrogen-bond donors (Lipinski definition) is 1. The van der Waals surface area contributed by atoms with Gasteiger partial charge in [-0.1, -0.05) is 11.6 Å². The summed E-state index contributed by atoms with van der Waals surface area (Å²) in [5, 5.41) is 7.41. The minimum absolute atomic E-state index is 0.0654. The van der Waals surface area contributed by atoms with E-state index in [0.29, 0.717) is 30.3 Å². The van der Waals surface area contributed by atoms with Gasteiger partial charge in [-0.05, 0) is 49.6 Å². The monoisotopic (exact) mass is 349 g/mol. The molecule has 0 radical (unpaired) electrons. The van der Waals surface area contributed by atoms with Gasteiger partial charge in [0.15, 0.2) is 6.61 Å². The average molecular weight is 350 g/mol. The molecule has 2 aromatic rings. The van der Waals surface area contributed by atoms with E-state index >= 15 is 0 Å². The molecule has 7 heteroatoms. The van der Waals surface area contributed by atoms with Crippen LogP contribution in [-0.4, -0.2) is 28.8 Å². The highest BCUT2D eigenvalue weighted by Crippen LogP contribution is 2.25. The van der Waals surface area contributed by atoms with Crippen LogP contribution < -0.4 is 15.6 Å². The molecule has 0 spiro atoms. The normalized spacial score (nSPS) is 10.5. The number of carbonyl (C=O) groups excluding carboxylic acids is 1. The summed E-state index contributed by atoms with van der Waals surface area (Å²) in [7, 11) is 0. The summed E-state index contributed by atoms with van der Waals surface area (Å²) in [4.78, 5) is 23.3. The molecule has 128 valence electrons. The first-order chi connectivity index (χ1) is 11.5. The van der Waals surface area contributed by atoms with Gasteiger partial charge in [0.1, 0.15) is 5.75 Å². The van der Waals surface area contributed by atoms with Crippen LogP contribution in [0.1, 0.15) is 17.5 Å². The van der Waals surface area contributed by atoms with Crippen LogP contribution in [-0.2, 0) is 11.3 Å². The van der Waals surface area contributed by atoms with Gasteiger partial charge in [0.25, 0.3) is 11.5 Å². The Morgan fingerprint density at radius 3 is 2.71 bits per heavy atom. The van der Waals surface area contributed by atoms with Crippen LogP contribution in [0.25, 0.3) is 0 Å². The zero-order valence-corrected chi connectivity index (χ0v) is 14.5. The fraction of sp³-hybridized carbons (Fsp3) is 0.353.